The molecular formula is C9H20OS. The maximum absolute atomic E-state index is 9.55. The topological polar surface area (TPSA) is 20.2 Å². The lowest BCUT2D eigenvalue weighted by Crippen LogP contribution is -2.20. The highest BCUT2D eigenvalue weighted by Gasteiger charge is 2.12. The molecule has 2 heteroatoms. The summed E-state index contributed by atoms with van der Waals surface area (Å²) in [7, 11) is 0. The SMILES string of the molecule is CCC(C)C(O)CSC(C)C. The second-order valence-electron chi connectivity index (χ2n) is 3.33. The molecule has 0 fully saturated rings. The molecule has 1 N–H and O–H groups in total. The number of rotatable bonds is 5. The first-order valence-electron chi connectivity index (χ1n) is 4.37. The van der Waals surface area contributed by atoms with Crippen LogP contribution in [0.5, 0.6) is 0 Å². The second kappa shape index (κ2) is 5.90. The molecule has 0 aliphatic heterocycles. The van der Waals surface area contributed by atoms with Gasteiger partial charge in [0.15, 0.2) is 0 Å². The van der Waals surface area contributed by atoms with E-state index in [-0.39, 0.29) is 6.10 Å². The quantitative estimate of drug-likeness (QED) is 0.694. The Bertz CT molecular complexity index is 93.6. The van der Waals surface area contributed by atoms with Crippen molar-refractivity contribution in [1.82, 2.24) is 0 Å². The van der Waals surface area contributed by atoms with E-state index in [0.29, 0.717) is 11.2 Å². The summed E-state index contributed by atoms with van der Waals surface area (Å²) in [6.07, 6.45) is 0.951. The predicted octanol–water partition coefficient (Wildman–Crippen LogP) is 2.54. The molecule has 0 aromatic rings. The average Bonchev–Trinajstić information content (AvgIpc) is 1.98. The molecular weight excluding hydrogens is 156 g/mol. The summed E-state index contributed by atoms with van der Waals surface area (Å²) < 4.78 is 0. The van der Waals surface area contributed by atoms with Crippen molar-refractivity contribution in [3.8, 4) is 0 Å². The summed E-state index contributed by atoms with van der Waals surface area (Å²) in [6, 6.07) is 0. The van der Waals surface area contributed by atoms with Crippen molar-refractivity contribution in [2.45, 2.75) is 45.5 Å². The normalized spacial score (nSPS) is 16.9. The molecule has 2 unspecified atom stereocenters. The maximum atomic E-state index is 9.55. The molecule has 0 radical (unpaired) electrons. The van der Waals surface area contributed by atoms with Crippen LogP contribution in [0.1, 0.15) is 34.1 Å². The van der Waals surface area contributed by atoms with Crippen molar-refractivity contribution in [2.75, 3.05) is 5.75 Å². The Kier molecular flexibility index (Phi) is 6.06. The minimum absolute atomic E-state index is 0.118. The van der Waals surface area contributed by atoms with Crippen LogP contribution < -0.4 is 0 Å². The Morgan fingerprint density at radius 2 is 1.82 bits per heavy atom. The third kappa shape index (κ3) is 5.57. The molecule has 0 saturated heterocycles. The van der Waals surface area contributed by atoms with Gasteiger partial charge < -0.3 is 5.11 Å². The van der Waals surface area contributed by atoms with Crippen LogP contribution in [0.3, 0.4) is 0 Å². The Balaban J connectivity index is 3.43. The number of hydrogen-bond acceptors (Lipinski definition) is 2. The summed E-state index contributed by atoms with van der Waals surface area (Å²) in [4.78, 5) is 0. The van der Waals surface area contributed by atoms with Gasteiger partial charge in [-0.2, -0.15) is 11.8 Å². The highest BCUT2D eigenvalue weighted by molar-refractivity contribution is 7.99. The average molecular weight is 176 g/mol. The van der Waals surface area contributed by atoms with Crippen LogP contribution >= 0.6 is 11.8 Å². The fourth-order valence-corrected chi connectivity index (χ4v) is 1.64. The van der Waals surface area contributed by atoms with E-state index in [9.17, 15) is 5.11 Å². The van der Waals surface area contributed by atoms with E-state index in [0.717, 1.165) is 12.2 Å². The molecule has 0 aliphatic rings. The lowest BCUT2D eigenvalue weighted by molar-refractivity contribution is 0.137. The van der Waals surface area contributed by atoms with E-state index >= 15 is 0 Å². The first kappa shape index (κ1) is 11.3. The standard InChI is InChI=1S/C9H20OS/c1-5-8(4)9(10)6-11-7(2)3/h7-10H,5-6H2,1-4H3. The van der Waals surface area contributed by atoms with Crippen LogP contribution in [0.15, 0.2) is 0 Å². The van der Waals surface area contributed by atoms with Crippen molar-refractivity contribution < 1.29 is 5.11 Å². The van der Waals surface area contributed by atoms with Gasteiger partial charge in [0, 0.05) is 5.75 Å². The first-order chi connectivity index (χ1) is 5.07. The Morgan fingerprint density at radius 1 is 1.27 bits per heavy atom. The van der Waals surface area contributed by atoms with Crippen molar-refractivity contribution >= 4 is 11.8 Å². The van der Waals surface area contributed by atoms with Crippen LogP contribution in [0.4, 0.5) is 0 Å². The summed E-state index contributed by atoms with van der Waals surface area (Å²) in [5.74, 6) is 1.33. The van der Waals surface area contributed by atoms with E-state index in [4.69, 9.17) is 0 Å². The monoisotopic (exact) mass is 176 g/mol. The van der Waals surface area contributed by atoms with Gasteiger partial charge in [0.25, 0.3) is 0 Å². The van der Waals surface area contributed by atoms with Crippen molar-refractivity contribution in [3.05, 3.63) is 0 Å². The molecule has 68 valence electrons. The van der Waals surface area contributed by atoms with Crippen molar-refractivity contribution in [3.63, 3.8) is 0 Å². The third-order valence-electron chi connectivity index (χ3n) is 1.90. The molecule has 0 aromatic carbocycles. The van der Waals surface area contributed by atoms with Gasteiger partial charge in [-0.05, 0) is 11.2 Å². The van der Waals surface area contributed by atoms with Gasteiger partial charge in [0.05, 0.1) is 6.10 Å². The third-order valence-corrected chi connectivity index (χ3v) is 3.10. The lowest BCUT2D eigenvalue weighted by atomic mass is 10.0. The van der Waals surface area contributed by atoms with Gasteiger partial charge in [-0.3, -0.25) is 0 Å². The molecule has 0 rings (SSSR count). The molecule has 0 bridgehead atoms. The fraction of sp³-hybridized carbons (Fsp3) is 1.00. The van der Waals surface area contributed by atoms with Crippen LogP contribution in [-0.4, -0.2) is 22.2 Å². The molecule has 2 atom stereocenters. The zero-order valence-electron chi connectivity index (χ0n) is 8.00. The molecule has 11 heavy (non-hydrogen) atoms. The molecule has 0 spiro atoms. The Hall–Kier alpha value is 0.310. The Morgan fingerprint density at radius 3 is 2.18 bits per heavy atom. The van der Waals surface area contributed by atoms with Crippen LogP contribution in [-0.2, 0) is 0 Å². The first-order valence-corrected chi connectivity index (χ1v) is 5.42. The highest BCUT2D eigenvalue weighted by Crippen LogP contribution is 2.16. The van der Waals surface area contributed by atoms with Crippen LogP contribution in [0, 0.1) is 5.92 Å². The summed E-state index contributed by atoms with van der Waals surface area (Å²) in [5.41, 5.74) is 0. The van der Waals surface area contributed by atoms with E-state index in [1.807, 2.05) is 11.8 Å². The number of aliphatic hydroxyl groups is 1. The fourth-order valence-electron chi connectivity index (χ4n) is 0.727. The lowest BCUT2D eigenvalue weighted by Gasteiger charge is -2.17. The van der Waals surface area contributed by atoms with Crippen molar-refractivity contribution in [1.29, 1.82) is 0 Å². The van der Waals surface area contributed by atoms with Gasteiger partial charge in [0.2, 0.25) is 0 Å². The van der Waals surface area contributed by atoms with E-state index < -0.39 is 0 Å². The van der Waals surface area contributed by atoms with Crippen LogP contribution in [0.25, 0.3) is 0 Å². The van der Waals surface area contributed by atoms with E-state index in [1.165, 1.54) is 0 Å². The molecule has 0 aliphatic carbocycles. The number of aliphatic hydroxyl groups excluding tert-OH is 1. The zero-order chi connectivity index (χ0) is 8.85. The predicted molar refractivity (Wildman–Crippen MR) is 53.1 cm³/mol. The van der Waals surface area contributed by atoms with Gasteiger partial charge in [-0.15, -0.1) is 0 Å². The van der Waals surface area contributed by atoms with Crippen molar-refractivity contribution in [2.24, 2.45) is 5.92 Å². The molecule has 0 saturated carbocycles. The van der Waals surface area contributed by atoms with Gasteiger partial charge in [-0.1, -0.05) is 34.1 Å². The molecule has 1 nitrogen and oxygen atoms in total. The molecule has 0 aromatic heterocycles. The van der Waals surface area contributed by atoms with Gasteiger partial charge in [-0.25, -0.2) is 0 Å². The van der Waals surface area contributed by atoms with E-state index in [2.05, 4.69) is 27.7 Å². The number of thioether (sulfide) groups is 1. The minimum Gasteiger partial charge on any atom is -0.392 e. The summed E-state index contributed by atoms with van der Waals surface area (Å²) in [6.45, 7) is 8.54. The summed E-state index contributed by atoms with van der Waals surface area (Å²) in [5, 5.41) is 10.2. The largest absolute Gasteiger partial charge is 0.392 e. The smallest absolute Gasteiger partial charge is 0.0656 e. The highest BCUT2D eigenvalue weighted by atomic mass is 32.2. The second-order valence-corrected chi connectivity index (χ2v) is 4.94. The minimum atomic E-state index is -0.118. The maximum Gasteiger partial charge on any atom is 0.0656 e. The van der Waals surface area contributed by atoms with E-state index in [1.54, 1.807) is 0 Å². The van der Waals surface area contributed by atoms with Gasteiger partial charge in [0.1, 0.15) is 0 Å². The Labute approximate surface area is 74.6 Å². The summed E-state index contributed by atoms with van der Waals surface area (Å²) >= 11 is 1.83. The van der Waals surface area contributed by atoms with Crippen LogP contribution in [0.2, 0.25) is 0 Å². The molecule has 0 heterocycles. The van der Waals surface area contributed by atoms with Gasteiger partial charge >= 0.3 is 0 Å². The number of hydrogen-bond donors (Lipinski definition) is 1. The molecule has 0 amide bonds. The zero-order valence-corrected chi connectivity index (χ0v) is 8.82.